The number of imidazole rings is 1. The van der Waals surface area contributed by atoms with E-state index in [0.29, 0.717) is 29.3 Å². The monoisotopic (exact) mass is 459 g/mol. The third kappa shape index (κ3) is 6.14. The molecular weight excluding hydrogens is 434 g/mol. The van der Waals surface area contributed by atoms with Gasteiger partial charge in [0.05, 0.1) is 12.0 Å². The Morgan fingerprint density at radius 3 is 2.64 bits per heavy atom. The molecule has 2 N–H and O–H groups in total. The maximum absolute atomic E-state index is 12.8. The number of amides is 2. The van der Waals surface area contributed by atoms with Gasteiger partial charge in [-0.15, -0.1) is 11.3 Å². The number of thiazole rings is 1. The fraction of sp³-hybridized carbons (Fsp3) is 0.200. The van der Waals surface area contributed by atoms with Crippen LogP contribution in [-0.4, -0.2) is 26.3 Å². The molecule has 2 heterocycles. The SMILES string of the molecule is Cc1ccc(Cc2sc(NC(=O)c3cccc(NC(=O)CCn4ccnc4)c3)nc2C)cc1. The summed E-state index contributed by atoms with van der Waals surface area (Å²) in [7, 11) is 0. The van der Waals surface area contributed by atoms with Crippen LogP contribution in [0.25, 0.3) is 0 Å². The van der Waals surface area contributed by atoms with Crippen molar-refractivity contribution >= 4 is 34.0 Å². The minimum atomic E-state index is -0.264. The lowest BCUT2D eigenvalue weighted by Crippen LogP contribution is -2.15. The number of nitrogens with one attached hydrogen (secondary N) is 2. The number of aromatic nitrogens is 3. The summed E-state index contributed by atoms with van der Waals surface area (Å²) in [5, 5.41) is 6.29. The Bertz CT molecular complexity index is 1250. The van der Waals surface area contributed by atoms with Crippen LogP contribution in [0.15, 0.2) is 67.3 Å². The zero-order valence-electron chi connectivity index (χ0n) is 18.5. The Kier molecular flexibility index (Phi) is 6.95. The van der Waals surface area contributed by atoms with Gasteiger partial charge in [0.2, 0.25) is 5.91 Å². The molecule has 0 aliphatic carbocycles. The molecule has 2 aromatic carbocycles. The predicted molar refractivity (Wildman–Crippen MR) is 131 cm³/mol. The number of hydrogen-bond donors (Lipinski definition) is 2. The van der Waals surface area contributed by atoms with Gasteiger partial charge in [0, 0.05) is 47.9 Å². The summed E-state index contributed by atoms with van der Waals surface area (Å²) < 4.78 is 1.84. The van der Waals surface area contributed by atoms with Gasteiger partial charge in [-0.3, -0.25) is 14.9 Å². The third-order valence-electron chi connectivity index (χ3n) is 5.16. The molecule has 0 bridgehead atoms. The first-order valence-electron chi connectivity index (χ1n) is 10.6. The van der Waals surface area contributed by atoms with E-state index in [0.717, 1.165) is 17.0 Å². The number of anilines is 2. The number of aryl methyl sites for hydroxylation is 3. The summed E-state index contributed by atoms with van der Waals surface area (Å²) in [5.74, 6) is -0.391. The maximum Gasteiger partial charge on any atom is 0.257 e. The lowest BCUT2D eigenvalue weighted by Gasteiger charge is -2.08. The van der Waals surface area contributed by atoms with Crippen molar-refractivity contribution in [2.24, 2.45) is 0 Å². The van der Waals surface area contributed by atoms with Crippen LogP contribution in [0.2, 0.25) is 0 Å². The van der Waals surface area contributed by atoms with Gasteiger partial charge in [0.15, 0.2) is 5.13 Å². The number of hydrogen-bond acceptors (Lipinski definition) is 5. The minimum absolute atomic E-state index is 0.127. The first-order valence-corrected chi connectivity index (χ1v) is 11.5. The van der Waals surface area contributed by atoms with Gasteiger partial charge in [0.1, 0.15) is 0 Å². The standard InChI is InChI=1S/C25H25N5O2S/c1-17-6-8-19(9-7-17)14-22-18(2)27-25(33-22)29-24(32)20-4-3-5-21(15-20)28-23(31)10-12-30-13-11-26-16-30/h3-9,11,13,15-16H,10,12,14H2,1-2H3,(H,28,31)(H,27,29,32). The number of nitrogens with zero attached hydrogens (tertiary/aromatic N) is 3. The lowest BCUT2D eigenvalue weighted by atomic mass is 10.1. The van der Waals surface area contributed by atoms with E-state index in [-0.39, 0.29) is 11.8 Å². The Balaban J connectivity index is 1.36. The molecule has 7 nitrogen and oxygen atoms in total. The normalized spacial score (nSPS) is 10.7. The summed E-state index contributed by atoms with van der Waals surface area (Å²) >= 11 is 1.48. The second kappa shape index (κ2) is 10.2. The fourth-order valence-electron chi connectivity index (χ4n) is 3.32. The highest BCUT2D eigenvalue weighted by Crippen LogP contribution is 2.26. The van der Waals surface area contributed by atoms with Gasteiger partial charge in [-0.2, -0.15) is 0 Å². The highest BCUT2D eigenvalue weighted by molar-refractivity contribution is 7.15. The summed E-state index contributed by atoms with van der Waals surface area (Å²) in [5.41, 5.74) is 4.38. The van der Waals surface area contributed by atoms with Crippen LogP contribution in [-0.2, 0) is 17.8 Å². The maximum atomic E-state index is 12.8. The van der Waals surface area contributed by atoms with Crippen LogP contribution in [0, 0.1) is 13.8 Å². The molecule has 2 amide bonds. The number of benzene rings is 2. The average molecular weight is 460 g/mol. The van der Waals surface area contributed by atoms with Crippen LogP contribution in [0.4, 0.5) is 10.8 Å². The summed E-state index contributed by atoms with van der Waals surface area (Å²) in [6.45, 7) is 4.56. The van der Waals surface area contributed by atoms with Gasteiger partial charge >= 0.3 is 0 Å². The van der Waals surface area contributed by atoms with Gasteiger partial charge in [0.25, 0.3) is 5.91 Å². The van der Waals surface area contributed by atoms with E-state index >= 15 is 0 Å². The molecule has 0 saturated carbocycles. The predicted octanol–water partition coefficient (Wildman–Crippen LogP) is 4.83. The second-order valence-corrected chi connectivity index (χ2v) is 8.91. The van der Waals surface area contributed by atoms with Crippen molar-refractivity contribution < 1.29 is 9.59 Å². The molecular formula is C25H25N5O2S. The molecule has 0 spiro atoms. The van der Waals surface area contributed by atoms with Crippen molar-refractivity contribution in [2.45, 2.75) is 33.2 Å². The van der Waals surface area contributed by atoms with E-state index < -0.39 is 0 Å². The molecule has 0 saturated heterocycles. The summed E-state index contributed by atoms with van der Waals surface area (Å²) in [6, 6.07) is 15.3. The summed E-state index contributed by atoms with van der Waals surface area (Å²) in [6.07, 6.45) is 6.25. The van der Waals surface area contributed by atoms with E-state index in [1.807, 2.05) is 17.7 Å². The summed E-state index contributed by atoms with van der Waals surface area (Å²) in [4.78, 5) is 34.6. The molecule has 168 valence electrons. The van der Waals surface area contributed by atoms with E-state index in [4.69, 9.17) is 0 Å². The molecule has 0 atom stereocenters. The Morgan fingerprint density at radius 2 is 1.88 bits per heavy atom. The third-order valence-corrected chi connectivity index (χ3v) is 6.24. The van der Waals surface area contributed by atoms with Crippen LogP contribution in [0.1, 0.15) is 38.5 Å². The van der Waals surface area contributed by atoms with Crippen LogP contribution in [0.5, 0.6) is 0 Å². The molecule has 4 aromatic rings. The largest absolute Gasteiger partial charge is 0.337 e. The Labute approximate surface area is 196 Å². The van der Waals surface area contributed by atoms with Gasteiger partial charge in [-0.1, -0.05) is 35.9 Å². The van der Waals surface area contributed by atoms with Gasteiger partial charge in [-0.25, -0.2) is 9.97 Å². The fourth-order valence-corrected chi connectivity index (χ4v) is 4.31. The second-order valence-electron chi connectivity index (χ2n) is 7.82. The smallest absolute Gasteiger partial charge is 0.257 e. The first kappa shape index (κ1) is 22.4. The zero-order valence-corrected chi connectivity index (χ0v) is 19.4. The van der Waals surface area contributed by atoms with Crippen molar-refractivity contribution in [1.82, 2.24) is 14.5 Å². The lowest BCUT2D eigenvalue weighted by molar-refractivity contribution is -0.116. The minimum Gasteiger partial charge on any atom is -0.337 e. The van der Waals surface area contributed by atoms with Crippen molar-refractivity contribution in [1.29, 1.82) is 0 Å². The van der Waals surface area contributed by atoms with Crippen molar-refractivity contribution in [3.05, 3.63) is 94.5 Å². The van der Waals surface area contributed by atoms with E-state index in [1.54, 1.807) is 36.8 Å². The molecule has 0 radical (unpaired) electrons. The highest BCUT2D eigenvalue weighted by atomic mass is 32.1. The quantitative estimate of drug-likeness (QED) is 0.395. The molecule has 0 aliphatic rings. The van der Waals surface area contributed by atoms with Crippen molar-refractivity contribution in [2.75, 3.05) is 10.6 Å². The topological polar surface area (TPSA) is 88.9 Å². The number of carbonyl (C=O) groups is 2. The molecule has 8 heteroatoms. The number of rotatable bonds is 8. The molecule has 0 fully saturated rings. The first-order chi connectivity index (χ1) is 16.0. The van der Waals surface area contributed by atoms with E-state index in [1.165, 1.54) is 22.5 Å². The molecule has 0 unspecified atom stereocenters. The van der Waals surface area contributed by atoms with Gasteiger partial charge < -0.3 is 9.88 Å². The van der Waals surface area contributed by atoms with E-state index in [2.05, 4.69) is 51.8 Å². The zero-order chi connectivity index (χ0) is 23.2. The number of carbonyl (C=O) groups excluding carboxylic acids is 2. The average Bonchev–Trinajstić information content (AvgIpc) is 3.44. The molecule has 4 rings (SSSR count). The van der Waals surface area contributed by atoms with Crippen molar-refractivity contribution in [3.8, 4) is 0 Å². The Morgan fingerprint density at radius 1 is 1.06 bits per heavy atom. The Hall–Kier alpha value is -3.78. The van der Waals surface area contributed by atoms with Crippen LogP contribution >= 0.6 is 11.3 Å². The highest BCUT2D eigenvalue weighted by Gasteiger charge is 2.13. The van der Waals surface area contributed by atoms with Crippen LogP contribution in [0.3, 0.4) is 0 Å². The van der Waals surface area contributed by atoms with E-state index in [9.17, 15) is 9.59 Å². The van der Waals surface area contributed by atoms with Gasteiger partial charge in [-0.05, 0) is 37.6 Å². The molecule has 2 aromatic heterocycles. The van der Waals surface area contributed by atoms with Crippen molar-refractivity contribution in [3.63, 3.8) is 0 Å². The molecule has 0 aliphatic heterocycles. The van der Waals surface area contributed by atoms with Crippen LogP contribution < -0.4 is 10.6 Å². The molecule has 33 heavy (non-hydrogen) atoms.